The maximum absolute atomic E-state index is 12.6. The van der Waals surface area contributed by atoms with Crippen molar-refractivity contribution in [2.75, 3.05) is 25.5 Å². The van der Waals surface area contributed by atoms with Crippen LogP contribution < -0.4 is 14.8 Å². The number of benzene rings is 1. The van der Waals surface area contributed by atoms with E-state index in [2.05, 4.69) is 54.4 Å². The second-order valence-corrected chi connectivity index (χ2v) is 8.48. The Balaban J connectivity index is 1.37. The molecule has 0 aliphatic carbocycles. The molecule has 1 aliphatic heterocycles. The van der Waals surface area contributed by atoms with Crippen LogP contribution in [0.5, 0.6) is 17.6 Å². The molecule has 2 amide bonds. The molecule has 9 nitrogen and oxygen atoms in total. The Morgan fingerprint density at radius 2 is 2.03 bits per heavy atom. The molecule has 4 rings (SSSR count). The molecule has 170 valence electrons. The molecule has 1 fully saturated rings. The molecule has 0 saturated carbocycles. The number of nitrogens with zero attached hydrogens (tertiary/aromatic N) is 5. The van der Waals surface area contributed by atoms with Crippen molar-refractivity contribution in [3.05, 3.63) is 64.4 Å². The van der Waals surface area contributed by atoms with Crippen LogP contribution in [0.1, 0.15) is 18.9 Å². The second-order valence-electron chi connectivity index (χ2n) is 7.57. The third-order valence-electron chi connectivity index (χ3n) is 5.18. The van der Waals surface area contributed by atoms with Crippen molar-refractivity contribution in [3.8, 4) is 17.6 Å². The molecule has 3 aromatic rings. The topological polar surface area (TPSA) is 102 Å². The first kappa shape index (κ1) is 22.7. The number of amides is 2. The molecule has 3 heterocycles. The van der Waals surface area contributed by atoms with E-state index in [9.17, 15) is 4.79 Å². The molecule has 33 heavy (non-hydrogen) atoms. The molecule has 0 bridgehead atoms. The first-order chi connectivity index (χ1) is 16.0. The van der Waals surface area contributed by atoms with Gasteiger partial charge in [-0.05, 0) is 52.0 Å². The molecule has 1 N–H and O–H groups in total. The maximum atomic E-state index is 12.6. The summed E-state index contributed by atoms with van der Waals surface area (Å²) < 4.78 is 11.5. The zero-order chi connectivity index (χ0) is 23.2. The summed E-state index contributed by atoms with van der Waals surface area (Å²) in [7, 11) is 1.52. The van der Waals surface area contributed by atoms with Crippen LogP contribution in [0.2, 0.25) is 0 Å². The van der Waals surface area contributed by atoms with E-state index in [0.717, 1.165) is 16.5 Å². The number of carbonyl (C=O) groups excluding carboxylic acids is 1. The predicted molar refractivity (Wildman–Crippen MR) is 127 cm³/mol. The molecule has 1 saturated heterocycles. The fourth-order valence-electron chi connectivity index (χ4n) is 3.47. The van der Waals surface area contributed by atoms with Crippen LogP contribution in [-0.2, 0) is 0 Å². The third-order valence-corrected chi connectivity index (χ3v) is 5.59. The number of nitrogens with one attached hydrogen (secondary N) is 1. The lowest BCUT2D eigenvalue weighted by atomic mass is 9.91. The van der Waals surface area contributed by atoms with Crippen molar-refractivity contribution in [1.82, 2.24) is 25.1 Å². The van der Waals surface area contributed by atoms with E-state index < -0.39 is 0 Å². The van der Waals surface area contributed by atoms with E-state index in [1.165, 1.54) is 12.7 Å². The first-order valence-electron chi connectivity index (χ1n) is 10.4. The minimum absolute atomic E-state index is 0.190. The van der Waals surface area contributed by atoms with Gasteiger partial charge in [0.25, 0.3) is 0 Å². The highest BCUT2D eigenvalue weighted by atomic mass is 79.9. The minimum Gasteiger partial charge on any atom is -0.480 e. The lowest BCUT2D eigenvalue weighted by Crippen LogP contribution is -2.42. The SMILES string of the molecule is COc1ccc(NC(=O)N2CC/C(=C\c3cccc(Oc4ncc(Br)cn4)c3)C(C)C2)nn1. The van der Waals surface area contributed by atoms with Crippen molar-refractivity contribution in [2.24, 2.45) is 5.92 Å². The van der Waals surface area contributed by atoms with Crippen LogP contribution >= 0.6 is 15.9 Å². The number of anilines is 1. The largest absolute Gasteiger partial charge is 0.480 e. The van der Waals surface area contributed by atoms with Gasteiger partial charge in [-0.3, -0.25) is 5.32 Å². The van der Waals surface area contributed by atoms with Gasteiger partial charge in [0.2, 0.25) is 5.88 Å². The summed E-state index contributed by atoms with van der Waals surface area (Å²) in [5.74, 6) is 1.66. The van der Waals surface area contributed by atoms with Gasteiger partial charge in [-0.25, -0.2) is 14.8 Å². The van der Waals surface area contributed by atoms with Crippen molar-refractivity contribution in [2.45, 2.75) is 13.3 Å². The summed E-state index contributed by atoms with van der Waals surface area (Å²) in [6.45, 7) is 3.35. The molecule has 10 heteroatoms. The number of hydrogen-bond acceptors (Lipinski definition) is 7. The third kappa shape index (κ3) is 6.04. The highest BCUT2D eigenvalue weighted by molar-refractivity contribution is 9.10. The number of piperidine rings is 1. The van der Waals surface area contributed by atoms with Crippen molar-refractivity contribution >= 4 is 33.9 Å². The Labute approximate surface area is 200 Å². The maximum Gasteiger partial charge on any atom is 0.323 e. The Morgan fingerprint density at radius 1 is 1.21 bits per heavy atom. The Hall–Kier alpha value is -3.53. The lowest BCUT2D eigenvalue weighted by Gasteiger charge is -2.33. The van der Waals surface area contributed by atoms with E-state index in [-0.39, 0.29) is 18.0 Å². The Kier molecular flexibility index (Phi) is 7.13. The summed E-state index contributed by atoms with van der Waals surface area (Å²) in [4.78, 5) is 22.7. The van der Waals surface area contributed by atoms with E-state index in [0.29, 0.717) is 30.5 Å². The van der Waals surface area contributed by atoms with Gasteiger partial charge in [-0.1, -0.05) is 30.7 Å². The fraction of sp³-hybridized carbons (Fsp3) is 0.261. The standard InChI is InChI=1S/C23H23BrN6O3/c1-15-14-30(23(31)27-20-6-7-21(32-2)29-28-20)9-8-17(15)10-16-4-3-5-19(11-16)33-22-25-12-18(24)13-26-22/h3-7,10-13,15H,8-9,14H2,1-2H3,(H,27,28,31)/b17-10+. The second kappa shape index (κ2) is 10.4. The van der Waals surface area contributed by atoms with Gasteiger partial charge in [-0.15, -0.1) is 10.2 Å². The number of aromatic nitrogens is 4. The average Bonchev–Trinajstić information content (AvgIpc) is 2.82. The Bertz CT molecular complexity index is 1140. The van der Waals surface area contributed by atoms with Gasteiger partial charge < -0.3 is 14.4 Å². The number of urea groups is 1. The van der Waals surface area contributed by atoms with Crippen LogP contribution in [0.3, 0.4) is 0 Å². The highest BCUT2D eigenvalue weighted by Gasteiger charge is 2.24. The number of carbonyl (C=O) groups is 1. The van der Waals surface area contributed by atoms with Crippen LogP contribution in [0.15, 0.2) is 58.8 Å². The summed E-state index contributed by atoms with van der Waals surface area (Å²) in [6.07, 6.45) is 6.22. The zero-order valence-corrected chi connectivity index (χ0v) is 19.8. The molecule has 1 aliphatic rings. The average molecular weight is 511 g/mol. The first-order valence-corrected chi connectivity index (χ1v) is 11.2. The normalized spacial score (nSPS) is 17.0. The van der Waals surface area contributed by atoms with Crippen LogP contribution in [0.25, 0.3) is 6.08 Å². The summed E-state index contributed by atoms with van der Waals surface area (Å²) in [5.41, 5.74) is 2.30. The number of halogens is 1. The zero-order valence-electron chi connectivity index (χ0n) is 18.2. The van der Waals surface area contributed by atoms with Crippen LogP contribution in [0.4, 0.5) is 10.6 Å². The quantitative estimate of drug-likeness (QED) is 0.526. The highest BCUT2D eigenvalue weighted by Crippen LogP contribution is 2.27. The molecular formula is C23H23BrN6O3. The Morgan fingerprint density at radius 3 is 2.73 bits per heavy atom. The van der Waals surface area contributed by atoms with Gasteiger partial charge in [0, 0.05) is 31.5 Å². The van der Waals surface area contributed by atoms with E-state index in [1.54, 1.807) is 29.4 Å². The van der Waals surface area contributed by atoms with Gasteiger partial charge in [0.05, 0.1) is 11.6 Å². The van der Waals surface area contributed by atoms with E-state index in [1.807, 2.05) is 24.3 Å². The molecule has 0 radical (unpaired) electrons. The van der Waals surface area contributed by atoms with Crippen LogP contribution in [0, 0.1) is 5.92 Å². The molecule has 1 unspecified atom stereocenters. The summed E-state index contributed by atoms with van der Waals surface area (Å²) >= 11 is 3.31. The predicted octanol–water partition coefficient (Wildman–Crippen LogP) is 4.79. The minimum atomic E-state index is -0.190. The summed E-state index contributed by atoms with van der Waals surface area (Å²) in [5, 5.41) is 10.6. The van der Waals surface area contributed by atoms with Gasteiger partial charge >= 0.3 is 12.0 Å². The molecule has 1 aromatic carbocycles. The number of rotatable bonds is 5. The summed E-state index contributed by atoms with van der Waals surface area (Å²) in [6, 6.07) is 11.2. The van der Waals surface area contributed by atoms with Gasteiger partial charge in [0.1, 0.15) is 5.75 Å². The number of hydrogen-bond donors (Lipinski definition) is 1. The number of ether oxygens (including phenoxy) is 2. The van der Waals surface area contributed by atoms with Crippen molar-refractivity contribution < 1.29 is 14.3 Å². The van der Waals surface area contributed by atoms with Crippen LogP contribution in [-0.4, -0.2) is 51.3 Å². The number of methoxy groups -OCH3 is 1. The monoisotopic (exact) mass is 510 g/mol. The molecular weight excluding hydrogens is 488 g/mol. The number of likely N-dealkylation sites (tertiary alicyclic amines) is 1. The van der Waals surface area contributed by atoms with Gasteiger partial charge in [0.15, 0.2) is 5.82 Å². The van der Waals surface area contributed by atoms with Crippen molar-refractivity contribution in [1.29, 1.82) is 0 Å². The van der Waals surface area contributed by atoms with E-state index in [4.69, 9.17) is 9.47 Å². The van der Waals surface area contributed by atoms with Crippen molar-refractivity contribution in [3.63, 3.8) is 0 Å². The molecule has 0 spiro atoms. The molecule has 2 aromatic heterocycles. The smallest absolute Gasteiger partial charge is 0.323 e. The fourth-order valence-corrected chi connectivity index (χ4v) is 3.68. The molecule has 1 atom stereocenters. The van der Waals surface area contributed by atoms with Gasteiger partial charge in [-0.2, -0.15) is 0 Å². The lowest BCUT2D eigenvalue weighted by molar-refractivity contribution is 0.197. The van der Waals surface area contributed by atoms with E-state index >= 15 is 0 Å².